The first-order valence-electron chi connectivity index (χ1n) is 10.2. The molecule has 0 aliphatic carbocycles. The Morgan fingerprint density at radius 2 is 1.86 bits per heavy atom. The van der Waals surface area contributed by atoms with E-state index in [1.165, 1.54) is 29.7 Å². The lowest BCUT2D eigenvalue weighted by Crippen LogP contribution is -2.40. The van der Waals surface area contributed by atoms with Gasteiger partial charge in [0.15, 0.2) is 5.96 Å². The standard InChI is InChI=1S/C23H32N4O.HI/c1-19(21-11-8-12-22(17-21)27-14-6-7-15-27)26-23(24-2)25-13-16-28-18-20-9-4-3-5-10-20;/h3-5,8-12,17,19H,6-7,13-16,18H2,1-2H3,(H2,24,25,26);1H. The van der Waals surface area contributed by atoms with Crippen molar-refractivity contribution in [3.63, 3.8) is 0 Å². The van der Waals surface area contributed by atoms with Crippen molar-refractivity contribution >= 4 is 35.6 Å². The van der Waals surface area contributed by atoms with Crippen molar-refractivity contribution in [1.82, 2.24) is 10.6 Å². The molecule has 5 nitrogen and oxygen atoms in total. The molecular formula is C23H33IN4O. The smallest absolute Gasteiger partial charge is 0.191 e. The second-order valence-corrected chi connectivity index (χ2v) is 7.19. The molecule has 6 heteroatoms. The second kappa shape index (κ2) is 12.7. The predicted molar refractivity (Wildman–Crippen MR) is 132 cm³/mol. The largest absolute Gasteiger partial charge is 0.375 e. The quantitative estimate of drug-likeness (QED) is 0.241. The van der Waals surface area contributed by atoms with E-state index < -0.39 is 0 Å². The van der Waals surface area contributed by atoms with Gasteiger partial charge >= 0.3 is 0 Å². The fourth-order valence-electron chi connectivity index (χ4n) is 3.46. The maximum Gasteiger partial charge on any atom is 0.191 e. The van der Waals surface area contributed by atoms with Crippen molar-refractivity contribution in [2.75, 3.05) is 38.2 Å². The molecule has 0 saturated carbocycles. The van der Waals surface area contributed by atoms with Gasteiger partial charge in [-0.15, -0.1) is 24.0 Å². The highest BCUT2D eigenvalue weighted by Crippen LogP contribution is 2.23. The van der Waals surface area contributed by atoms with Gasteiger partial charge in [-0.1, -0.05) is 42.5 Å². The Balaban J connectivity index is 0.00000300. The van der Waals surface area contributed by atoms with Crippen LogP contribution in [0, 0.1) is 0 Å². The molecule has 0 amide bonds. The molecule has 3 rings (SSSR count). The number of nitrogens with zero attached hydrogens (tertiary/aromatic N) is 2. The van der Waals surface area contributed by atoms with E-state index in [4.69, 9.17) is 4.74 Å². The highest BCUT2D eigenvalue weighted by Gasteiger charge is 2.14. The Morgan fingerprint density at radius 3 is 2.59 bits per heavy atom. The van der Waals surface area contributed by atoms with Crippen molar-refractivity contribution in [2.45, 2.75) is 32.4 Å². The van der Waals surface area contributed by atoms with Crippen LogP contribution in [-0.4, -0.2) is 39.2 Å². The molecule has 0 bridgehead atoms. The number of hydrogen-bond donors (Lipinski definition) is 2. The number of nitrogens with one attached hydrogen (secondary N) is 2. The lowest BCUT2D eigenvalue weighted by molar-refractivity contribution is 0.125. The average Bonchev–Trinajstić information content (AvgIpc) is 3.28. The molecule has 1 aliphatic rings. The Hall–Kier alpha value is -1.80. The molecule has 1 unspecified atom stereocenters. The van der Waals surface area contributed by atoms with Gasteiger partial charge in [0.25, 0.3) is 0 Å². The van der Waals surface area contributed by atoms with Crippen LogP contribution in [0.3, 0.4) is 0 Å². The van der Waals surface area contributed by atoms with Crippen LogP contribution in [0.2, 0.25) is 0 Å². The third-order valence-corrected chi connectivity index (χ3v) is 5.07. The minimum Gasteiger partial charge on any atom is -0.375 e. The Bertz CT molecular complexity index is 748. The number of guanidine groups is 1. The summed E-state index contributed by atoms with van der Waals surface area (Å²) in [5, 5.41) is 6.80. The Morgan fingerprint density at radius 1 is 1.10 bits per heavy atom. The summed E-state index contributed by atoms with van der Waals surface area (Å²) in [5.74, 6) is 0.794. The molecule has 1 heterocycles. The molecule has 0 radical (unpaired) electrons. The van der Waals surface area contributed by atoms with E-state index in [0.717, 1.165) is 19.0 Å². The topological polar surface area (TPSA) is 48.9 Å². The van der Waals surface area contributed by atoms with Gasteiger partial charge in [0, 0.05) is 32.4 Å². The summed E-state index contributed by atoms with van der Waals surface area (Å²) < 4.78 is 5.73. The normalized spacial score (nSPS) is 15.0. The predicted octanol–water partition coefficient (Wildman–Crippen LogP) is 4.35. The van der Waals surface area contributed by atoms with E-state index in [9.17, 15) is 0 Å². The molecule has 1 aliphatic heterocycles. The van der Waals surface area contributed by atoms with Crippen LogP contribution in [-0.2, 0) is 11.3 Å². The summed E-state index contributed by atoms with van der Waals surface area (Å²) in [6, 6.07) is 19.2. The van der Waals surface area contributed by atoms with Crippen molar-refractivity contribution in [3.8, 4) is 0 Å². The van der Waals surface area contributed by atoms with Crippen LogP contribution in [0.4, 0.5) is 5.69 Å². The van der Waals surface area contributed by atoms with Crippen molar-refractivity contribution < 1.29 is 4.74 Å². The van der Waals surface area contributed by atoms with Gasteiger partial charge in [-0.25, -0.2) is 0 Å². The van der Waals surface area contributed by atoms with Crippen molar-refractivity contribution in [1.29, 1.82) is 0 Å². The molecular weight excluding hydrogens is 475 g/mol. The lowest BCUT2D eigenvalue weighted by atomic mass is 10.1. The number of aliphatic imine (C=N–C) groups is 1. The maximum atomic E-state index is 5.73. The van der Waals surface area contributed by atoms with Gasteiger partial charge < -0.3 is 20.3 Å². The molecule has 1 atom stereocenters. The summed E-state index contributed by atoms with van der Waals surface area (Å²) in [5.41, 5.74) is 3.78. The Kier molecular flexibility index (Phi) is 10.3. The fourth-order valence-corrected chi connectivity index (χ4v) is 3.46. The van der Waals surface area contributed by atoms with Crippen LogP contribution in [0.5, 0.6) is 0 Å². The van der Waals surface area contributed by atoms with Crippen molar-refractivity contribution in [3.05, 3.63) is 65.7 Å². The molecule has 1 fully saturated rings. The third-order valence-electron chi connectivity index (χ3n) is 5.07. The number of rotatable bonds is 8. The third kappa shape index (κ3) is 7.51. The Labute approximate surface area is 192 Å². The zero-order valence-corrected chi connectivity index (χ0v) is 19.8. The van der Waals surface area contributed by atoms with E-state index >= 15 is 0 Å². The zero-order chi connectivity index (χ0) is 19.6. The van der Waals surface area contributed by atoms with Crippen LogP contribution in [0.1, 0.15) is 36.9 Å². The highest BCUT2D eigenvalue weighted by molar-refractivity contribution is 14.0. The molecule has 2 aromatic rings. The lowest BCUT2D eigenvalue weighted by Gasteiger charge is -2.22. The van der Waals surface area contributed by atoms with E-state index in [0.29, 0.717) is 19.8 Å². The first-order chi connectivity index (χ1) is 13.8. The monoisotopic (exact) mass is 508 g/mol. The molecule has 0 aromatic heterocycles. The van der Waals surface area contributed by atoms with Crippen molar-refractivity contribution in [2.24, 2.45) is 4.99 Å². The first-order valence-corrected chi connectivity index (χ1v) is 10.2. The molecule has 1 saturated heterocycles. The number of ether oxygens (including phenoxy) is 1. The minimum atomic E-state index is 0. The van der Waals surface area contributed by atoms with Gasteiger partial charge in [-0.05, 0) is 43.0 Å². The number of halogens is 1. The highest BCUT2D eigenvalue weighted by atomic mass is 127. The number of anilines is 1. The van der Waals surface area contributed by atoms with E-state index in [-0.39, 0.29) is 30.0 Å². The van der Waals surface area contributed by atoms with Gasteiger partial charge in [-0.3, -0.25) is 4.99 Å². The summed E-state index contributed by atoms with van der Waals surface area (Å²) in [7, 11) is 1.80. The number of hydrogen-bond acceptors (Lipinski definition) is 3. The van der Waals surface area contributed by atoms with Gasteiger partial charge in [0.1, 0.15) is 0 Å². The summed E-state index contributed by atoms with van der Waals surface area (Å²) in [6.07, 6.45) is 2.59. The summed E-state index contributed by atoms with van der Waals surface area (Å²) in [6.45, 7) is 6.48. The van der Waals surface area contributed by atoms with E-state index in [1.54, 1.807) is 7.05 Å². The molecule has 2 N–H and O–H groups in total. The molecule has 0 spiro atoms. The zero-order valence-electron chi connectivity index (χ0n) is 17.4. The van der Waals surface area contributed by atoms with Gasteiger partial charge in [0.2, 0.25) is 0 Å². The summed E-state index contributed by atoms with van der Waals surface area (Å²) in [4.78, 5) is 6.80. The van der Waals surface area contributed by atoms with Crippen LogP contribution in [0.15, 0.2) is 59.6 Å². The van der Waals surface area contributed by atoms with Crippen LogP contribution >= 0.6 is 24.0 Å². The van der Waals surface area contributed by atoms with Gasteiger partial charge in [-0.2, -0.15) is 0 Å². The maximum absolute atomic E-state index is 5.73. The fraction of sp³-hybridized carbons (Fsp3) is 0.435. The van der Waals surface area contributed by atoms with Crippen LogP contribution in [0.25, 0.3) is 0 Å². The molecule has 158 valence electrons. The van der Waals surface area contributed by atoms with E-state index in [2.05, 4.69) is 63.8 Å². The minimum absolute atomic E-state index is 0. The second-order valence-electron chi connectivity index (χ2n) is 7.19. The SMILES string of the molecule is CN=C(NCCOCc1ccccc1)NC(C)c1cccc(N2CCCC2)c1.I. The number of benzene rings is 2. The molecule has 29 heavy (non-hydrogen) atoms. The van der Waals surface area contributed by atoms with Gasteiger partial charge in [0.05, 0.1) is 19.3 Å². The van der Waals surface area contributed by atoms with E-state index in [1.807, 2.05) is 18.2 Å². The average molecular weight is 508 g/mol. The summed E-state index contributed by atoms with van der Waals surface area (Å²) >= 11 is 0. The van der Waals surface area contributed by atoms with Crippen LogP contribution < -0.4 is 15.5 Å². The molecule has 2 aromatic carbocycles. The first kappa shape index (κ1) is 23.5.